The van der Waals surface area contributed by atoms with E-state index >= 15 is 0 Å². The zero-order valence-electron chi connectivity index (χ0n) is 11.4. The van der Waals surface area contributed by atoms with E-state index in [1.807, 2.05) is 6.07 Å². The Bertz CT molecular complexity index is 725. The fourth-order valence-corrected chi connectivity index (χ4v) is 4.19. The van der Waals surface area contributed by atoms with Crippen LogP contribution in [0.5, 0.6) is 0 Å². The summed E-state index contributed by atoms with van der Waals surface area (Å²) in [5, 5.41) is 4.53. The number of halogens is 2. The Morgan fingerprint density at radius 3 is 2.90 bits per heavy atom. The molecule has 0 spiro atoms. The molecule has 3 atom stereocenters. The number of anilines is 1. The number of allylic oxidation sites excluding steroid dienone is 2. The van der Waals surface area contributed by atoms with Crippen LogP contribution in [0, 0.1) is 5.92 Å². The molecule has 2 aromatic carbocycles. The van der Waals surface area contributed by atoms with E-state index < -0.39 is 0 Å². The van der Waals surface area contributed by atoms with Gasteiger partial charge in [0.1, 0.15) is 0 Å². The molecule has 1 N–H and O–H groups in total. The Morgan fingerprint density at radius 1 is 1.14 bits per heavy atom. The Morgan fingerprint density at radius 2 is 2.05 bits per heavy atom. The van der Waals surface area contributed by atoms with Gasteiger partial charge in [-0.25, -0.2) is 0 Å². The zero-order chi connectivity index (χ0) is 14.4. The normalized spacial score (nSPS) is 26.1. The van der Waals surface area contributed by atoms with Crippen LogP contribution < -0.4 is 5.32 Å². The first kappa shape index (κ1) is 13.4. The largest absolute Gasteiger partial charge is 0.378 e. The summed E-state index contributed by atoms with van der Waals surface area (Å²) in [7, 11) is 0. The molecule has 106 valence electrons. The summed E-state index contributed by atoms with van der Waals surface area (Å²) < 4.78 is 1.13. The summed E-state index contributed by atoms with van der Waals surface area (Å²) in [6.07, 6.45) is 5.75. The van der Waals surface area contributed by atoms with Gasteiger partial charge in [-0.15, -0.1) is 0 Å². The molecule has 21 heavy (non-hydrogen) atoms. The Kier molecular flexibility index (Phi) is 3.31. The average Bonchev–Trinajstić information content (AvgIpc) is 2.96. The lowest BCUT2D eigenvalue weighted by Gasteiger charge is -2.37. The van der Waals surface area contributed by atoms with Crippen molar-refractivity contribution in [2.75, 3.05) is 5.32 Å². The molecule has 0 saturated heterocycles. The van der Waals surface area contributed by atoms with Gasteiger partial charge < -0.3 is 5.32 Å². The van der Waals surface area contributed by atoms with Crippen molar-refractivity contribution in [3.63, 3.8) is 0 Å². The number of fused-ring (bicyclic) bond motifs is 3. The summed E-state index contributed by atoms with van der Waals surface area (Å²) in [5.74, 6) is 1.02. The van der Waals surface area contributed by atoms with Crippen molar-refractivity contribution < 1.29 is 0 Å². The molecule has 0 fully saturated rings. The summed E-state index contributed by atoms with van der Waals surface area (Å²) in [6.45, 7) is 0. The third kappa shape index (κ3) is 2.31. The van der Waals surface area contributed by atoms with E-state index in [1.165, 1.54) is 16.8 Å². The molecule has 0 bridgehead atoms. The van der Waals surface area contributed by atoms with E-state index in [-0.39, 0.29) is 0 Å². The standard InChI is InChI=1S/C18H15BrClN/c19-12-4-1-3-11(9-12)18-15-6-2-5-14(15)16-10-13(20)7-8-17(16)21-18/h1-5,7-10,14-15,18,21H,6H2/t14-,15-,18+/m1/s1. The van der Waals surface area contributed by atoms with E-state index in [4.69, 9.17) is 11.6 Å². The van der Waals surface area contributed by atoms with Gasteiger partial charge in [-0.2, -0.15) is 0 Å². The zero-order valence-corrected chi connectivity index (χ0v) is 13.7. The smallest absolute Gasteiger partial charge is 0.0554 e. The predicted molar refractivity (Wildman–Crippen MR) is 91.9 cm³/mol. The summed E-state index contributed by atoms with van der Waals surface area (Å²) >= 11 is 9.76. The Hall–Kier alpha value is -1.25. The molecule has 1 aliphatic heterocycles. The molecule has 1 nitrogen and oxygen atoms in total. The van der Waals surface area contributed by atoms with Crippen molar-refractivity contribution in [3.05, 3.63) is 75.2 Å². The highest BCUT2D eigenvalue weighted by Crippen LogP contribution is 2.50. The quantitative estimate of drug-likeness (QED) is 0.622. The highest BCUT2D eigenvalue weighted by molar-refractivity contribution is 9.10. The highest BCUT2D eigenvalue weighted by Gasteiger charge is 2.37. The topological polar surface area (TPSA) is 12.0 Å². The second-order valence-electron chi connectivity index (χ2n) is 5.76. The highest BCUT2D eigenvalue weighted by atomic mass is 79.9. The maximum absolute atomic E-state index is 6.18. The number of hydrogen-bond donors (Lipinski definition) is 1. The third-order valence-electron chi connectivity index (χ3n) is 4.53. The van der Waals surface area contributed by atoms with Gasteiger partial charge in [-0.3, -0.25) is 0 Å². The lowest BCUT2D eigenvalue weighted by Crippen LogP contribution is -2.29. The minimum atomic E-state index is 0.344. The van der Waals surface area contributed by atoms with Gasteiger partial charge in [0, 0.05) is 21.1 Å². The number of rotatable bonds is 1. The van der Waals surface area contributed by atoms with Gasteiger partial charge in [0.15, 0.2) is 0 Å². The van der Waals surface area contributed by atoms with Crippen molar-refractivity contribution in [3.8, 4) is 0 Å². The first-order chi connectivity index (χ1) is 10.2. The van der Waals surface area contributed by atoms with Crippen LogP contribution in [0.4, 0.5) is 5.69 Å². The van der Waals surface area contributed by atoms with Gasteiger partial charge in [0.2, 0.25) is 0 Å². The van der Waals surface area contributed by atoms with Crippen LogP contribution >= 0.6 is 27.5 Å². The van der Waals surface area contributed by atoms with Crippen LogP contribution in [0.15, 0.2) is 59.1 Å². The fourth-order valence-electron chi connectivity index (χ4n) is 3.60. The first-order valence-corrected chi connectivity index (χ1v) is 8.37. The van der Waals surface area contributed by atoms with Gasteiger partial charge in [-0.05, 0) is 53.8 Å². The minimum Gasteiger partial charge on any atom is -0.378 e. The van der Waals surface area contributed by atoms with Gasteiger partial charge in [-0.1, -0.05) is 51.8 Å². The van der Waals surface area contributed by atoms with Crippen molar-refractivity contribution in [1.29, 1.82) is 0 Å². The van der Waals surface area contributed by atoms with E-state index in [9.17, 15) is 0 Å². The van der Waals surface area contributed by atoms with Crippen LogP contribution in [0.1, 0.15) is 29.5 Å². The minimum absolute atomic E-state index is 0.344. The van der Waals surface area contributed by atoms with Crippen molar-refractivity contribution in [2.45, 2.75) is 18.4 Å². The summed E-state index contributed by atoms with van der Waals surface area (Å²) in [6, 6.07) is 15.1. The SMILES string of the molecule is Clc1ccc2c(c1)[C@@H]1C=CC[C@H]1[C@H](c1cccc(Br)c1)N2. The lowest BCUT2D eigenvalue weighted by atomic mass is 9.77. The number of hydrogen-bond acceptors (Lipinski definition) is 1. The Labute approximate surface area is 138 Å². The fraction of sp³-hybridized carbons (Fsp3) is 0.222. The van der Waals surface area contributed by atoms with Crippen LogP contribution in [-0.2, 0) is 0 Å². The van der Waals surface area contributed by atoms with E-state index in [1.54, 1.807) is 0 Å². The predicted octanol–water partition coefficient (Wildman–Crippen LogP) is 5.93. The molecule has 4 rings (SSSR count). The maximum Gasteiger partial charge on any atom is 0.0554 e. The average molecular weight is 361 g/mol. The van der Waals surface area contributed by atoms with Crippen LogP contribution in [0.25, 0.3) is 0 Å². The molecule has 2 aliphatic rings. The molecular weight excluding hydrogens is 346 g/mol. The van der Waals surface area contributed by atoms with Crippen LogP contribution in [0.2, 0.25) is 5.02 Å². The van der Waals surface area contributed by atoms with Crippen molar-refractivity contribution in [1.82, 2.24) is 0 Å². The molecule has 1 aliphatic carbocycles. The molecule has 0 saturated carbocycles. The molecule has 0 unspecified atom stereocenters. The molecule has 1 heterocycles. The number of nitrogens with one attached hydrogen (secondary N) is 1. The molecule has 0 radical (unpaired) electrons. The Balaban J connectivity index is 1.80. The van der Waals surface area contributed by atoms with Gasteiger partial charge >= 0.3 is 0 Å². The van der Waals surface area contributed by atoms with Crippen LogP contribution in [-0.4, -0.2) is 0 Å². The van der Waals surface area contributed by atoms with Crippen molar-refractivity contribution in [2.24, 2.45) is 5.92 Å². The second-order valence-corrected chi connectivity index (χ2v) is 7.11. The lowest BCUT2D eigenvalue weighted by molar-refractivity contribution is 0.425. The van der Waals surface area contributed by atoms with E-state index in [0.29, 0.717) is 17.9 Å². The summed E-state index contributed by atoms with van der Waals surface area (Å²) in [4.78, 5) is 0. The van der Waals surface area contributed by atoms with E-state index in [0.717, 1.165) is 15.9 Å². The first-order valence-electron chi connectivity index (χ1n) is 7.20. The van der Waals surface area contributed by atoms with E-state index in [2.05, 4.69) is 69.8 Å². The monoisotopic (exact) mass is 359 g/mol. The van der Waals surface area contributed by atoms with Gasteiger partial charge in [0.25, 0.3) is 0 Å². The second kappa shape index (κ2) is 5.19. The molecule has 2 aromatic rings. The molecule has 0 amide bonds. The third-order valence-corrected chi connectivity index (χ3v) is 5.26. The van der Waals surface area contributed by atoms with Gasteiger partial charge in [0.05, 0.1) is 6.04 Å². The van der Waals surface area contributed by atoms with Crippen molar-refractivity contribution >= 4 is 33.2 Å². The number of benzene rings is 2. The molecule has 3 heteroatoms. The molecule has 0 aromatic heterocycles. The maximum atomic E-state index is 6.18. The van der Waals surface area contributed by atoms with Crippen LogP contribution in [0.3, 0.4) is 0 Å². The molecular formula is C18H15BrClN. The summed E-state index contributed by atoms with van der Waals surface area (Å²) in [5.41, 5.74) is 3.87.